The van der Waals surface area contributed by atoms with E-state index in [-0.39, 0.29) is 0 Å². The topological polar surface area (TPSA) is 61.7 Å². The van der Waals surface area contributed by atoms with Crippen molar-refractivity contribution in [3.8, 4) is 67.9 Å². The van der Waals surface area contributed by atoms with Gasteiger partial charge in [0.25, 0.3) is 0 Å². The predicted octanol–water partition coefficient (Wildman–Crippen LogP) is 12.8. The highest BCUT2D eigenvalue weighted by Gasteiger charge is 2.22. The zero-order chi connectivity index (χ0) is 37.7. The smallest absolute Gasteiger partial charge is 0.227 e. The van der Waals surface area contributed by atoms with Crippen molar-refractivity contribution in [2.24, 2.45) is 0 Å². The van der Waals surface area contributed by atoms with Crippen molar-refractivity contribution in [3.63, 3.8) is 0 Å². The van der Waals surface area contributed by atoms with Crippen molar-refractivity contribution in [2.75, 3.05) is 0 Å². The second-order valence-corrected chi connectivity index (χ2v) is 14.1. The summed E-state index contributed by atoms with van der Waals surface area (Å²) in [6.07, 6.45) is 0. The van der Waals surface area contributed by atoms with Crippen LogP contribution in [-0.4, -0.2) is 24.1 Å². The zero-order valence-corrected chi connectivity index (χ0v) is 30.7. The van der Waals surface area contributed by atoms with Crippen LogP contribution in [0.1, 0.15) is 0 Å². The molecular weight excluding hydrogens is 699 g/mol. The summed E-state index contributed by atoms with van der Waals surface area (Å²) >= 11 is 0. The molecule has 0 saturated carbocycles. The Morgan fingerprint density at radius 3 is 1.33 bits per heavy atom. The van der Waals surface area contributed by atoms with Gasteiger partial charge in [0.15, 0.2) is 5.58 Å². The molecule has 11 rings (SSSR count). The van der Waals surface area contributed by atoms with Crippen LogP contribution >= 0.6 is 0 Å². The van der Waals surface area contributed by atoms with Crippen LogP contribution in [0.3, 0.4) is 0 Å². The number of fused-ring (bicyclic) bond motifs is 3. The van der Waals surface area contributed by atoms with E-state index < -0.39 is 0 Å². The molecule has 0 aliphatic heterocycles. The molecule has 0 radical (unpaired) electrons. The van der Waals surface area contributed by atoms with Crippen molar-refractivity contribution in [1.29, 1.82) is 0 Å². The first-order valence-corrected chi connectivity index (χ1v) is 19.0. The molecule has 3 heterocycles. The van der Waals surface area contributed by atoms with Gasteiger partial charge in [-0.15, -0.1) is 0 Å². The second-order valence-electron chi connectivity index (χ2n) is 14.1. The highest BCUT2D eigenvalue weighted by atomic mass is 16.3. The van der Waals surface area contributed by atoms with Crippen LogP contribution in [-0.2, 0) is 0 Å². The summed E-state index contributed by atoms with van der Waals surface area (Å²) < 4.78 is 11.3. The van der Waals surface area contributed by atoms with Crippen LogP contribution in [0.25, 0.3) is 101 Å². The van der Waals surface area contributed by atoms with Gasteiger partial charge in [0, 0.05) is 22.3 Å². The maximum Gasteiger partial charge on any atom is 0.227 e. The van der Waals surface area contributed by atoms with Crippen LogP contribution < -0.4 is 0 Å². The van der Waals surface area contributed by atoms with Gasteiger partial charge in [-0.3, -0.25) is 9.13 Å². The lowest BCUT2D eigenvalue weighted by Gasteiger charge is -2.16. The molecular formula is C51H33N5O. The number of benzene rings is 8. The Balaban J connectivity index is 1.21. The molecule has 0 atom stereocenters. The minimum Gasteiger partial charge on any atom is -0.436 e. The summed E-state index contributed by atoms with van der Waals surface area (Å²) in [6, 6.07) is 69.0. The zero-order valence-electron chi connectivity index (χ0n) is 30.7. The Bertz CT molecular complexity index is 3080. The molecule has 57 heavy (non-hydrogen) atoms. The predicted molar refractivity (Wildman–Crippen MR) is 230 cm³/mol. The summed E-state index contributed by atoms with van der Waals surface area (Å²) in [6.45, 7) is 0. The summed E-state index contributed by atoms with van der Waals surface area (Å²) in [7, 11) is 0. The van der Waals surface area contributed by atoms with E-state index in [1.54, 1.807) is 0 Å². The maximum absolute atomic E-state index is 6.87. The van der Waals surface area contributed by atoms with Gasteiger partial charge in [-0.25, -0.2) is 15.0 Å². The largest absolute Gasteiger partial charge is 0.436 e. The number of hydrogen-bond acceptors (Lipinski definition) is 4. The molecule has 0 aliphatic rings. The molecule has 6 nitrogen and oxygen atoms in total. The summed E-state index contributed by atoms with van der Waals surface area (Å²) in [4.78, 5) is 15.7. The first-order valence-electron chi connectivity index (χ1n) is 19.0. The van der Waals surface area contributed by atoms with Crippen LogP contribution in [0.15, 0.2) is 205 Å². The number of hydrogen-bond donors (Lipinski definition) is 0. The van der Waals surface area contributed by atoms with Crippen LogP contribution in [0.5, 0.6) is 0 Å². The van der Waals surface area contributed by atoms with Gasteiger partial charge in [0.1, 0.15) is 17.2 Å². The molecule has 8 aromatic carbocycles. The Morgan fingerprint density at radius 1 is 0.351 bits per heavy atom. The molecule has 0 saturated heterocycles. The standard InChI is InChI=1S/C51H33N5O/c1-5-17-34(18-6-1)38-31-42(35-19-7-2-8-20-35)48-47(32-38)57-51(54-48)39-29-40(55-45-27-15-13-25-43(45)52-49(55)36-21-9-3-10-22-36)33-41(30-39)56-46-28-16-14-26-44(46)53-50(56)37-23-11-4-12-24-37/h1-33H. The van der Waals surface area contributed by atoms with E-state index in [2.05, 4.69) is 173 Å². The van der Waals surface area contributed by atoms with E-state index >= 15 is 0 Å². The van der Waals surface area contributed by atoms with Gasteiger partial charge >= 0.3 is 0 Å². The molecule has 3 aromatic heterocycles. The number of nitrogens with zero attached hydrogens (tertiary/aromatic N) is 5. The average molecular weight is 732 g/mol. The highest BCUT2D eigenvalue weighted by Crippen LogP contribution is 2.39. The first-order chi connectivity index (χ1) is 28.2. The highest BCUT2D eigenvalue weighted by molar-refractivity contribution is 5.96. The molecule has 268 valence electrons. The average Bonchev–Trinajstić information content (AvgIpc) is 4.01. The fourth-order valence-electron chi connectivity index (χ4n) is 7.90. The van der Waals surface area contributed by atoms with E-state index in [9.17, 15) is 0 Å². The van der Waals surface area contributed by atoms with E-state index in [4.69, 9.17) is 19.4 Å². The minimum atomic E-state index is 0.520. The molecule has 11 aromatic rings. The van der Waals surface area contributed by atoms with Gasteiger partial charge in [-0.05, 0) is 71.3 Å². The van der Waals surface area contributed by atoms with Crippen molar-refractivity contribution in [3.05, 3.63) is 200 Å². The molecule has 0 N–H and O–H groups in total. The fraction of sp³-hybridized carbons (Fsp3) is 0. The minimum absolute atomic E-state index is 0.520. The third kappa shape index (κ3) is 5.70. The van der Waals surface area contributed by atoms with Crippen molar-refractivity contribution in [1.82, 2.24) is 24.1 Å². The molecule has 0 unspecified atom stereocenters. The molecule has 6 heteroatoms. The van der Waals surface area contributed by atoms with Crippen LogP contribution in [0.4, 0.5) is 0 Å². The Labute approximate surface area is 328 Å². The van der Waals surface area contributed by atoms with Gasteiger partial charge in [0.2, 0.25) is 5.89 Å². The van der Waals surface area contributed by atoms with Crippen LogP contribution in [0, 0.1) is 0 Å². The lowest BCUT2D eigenvalue weighted by molar-refractivity contribution is 0.620. The number of para-hydroxylation sites is 4. The van der Waals surface area contributed by atoms with Gasteiger partial charge < -0.3 is 4.42 Å². The molecule has 0 fully saturated rings. The molecule has 0 bridgehead atoms. The van der Waals surface area contributed by atoms with E-state index in [0.717, 1.165) is 89.6 Å². The lowest BCUT2D eigenvalue weighted by atomic mass is 9.98. The number of aromatic nitrogens is 5. The second kappa shape index (κ2) is 13.5. The molecule has 0 amide bonds. The maximum atomic E-state index is 6.87. The van der Waals surface area contributed by atoms with Crippen molar-refractivity contribution in [2.45, 2.75) is 0 Å². The number of imidazole rings is 2. The van der Waals surface area contributed by atoms with Crippen LogP contribution in [0.2, 0.25) is 0 Å². The SMILES string of the molecule is c1ccc(-c2cc(-c3ccccc3)c3nc(-c4cc(-n5c(-c6ccccc6)nc6ccccc65)cc(-n5c(-c6ccccc6)nc6ccccc65)c4)oc3c2)cc1. The van der Waals surface area contributed by atoms with E-state index in [1.165, 1.54) is 0 Å². The van der Waals surface area contributed by atoms with Gasteiger partial charge in [-0.1, -0.05) is 146 Å². The van der Waals surface area contributed by atoms with Gasteiger partial charge in [0.05, 0.1) is 33.4 Å². The number of oxazole rings is 1. The quantitative estimate of drug-likeness (QED) is 0.164. The summed E-state index contributed by atoms with van der Waals surface area (Å²) in [5, 5.41) is 0. The van der Waals surface area contributed by atoms with Crippen molar-refractivity contribution >= 4 is 33.2 Å². The van der Waals surface area contributed by atoms with E-state index in [0.29, 0.717) is 11.5 Å². The Kier molecular flexibility index (Phi) is 7.71. The lowest BCUT2D eigenvalue weighted by Crippen LogP contribution is -2.03. The summed E-state index contributed by atoms with van der Waals surface area (Å²) in [5.74, 6) is 2.21. The van der Waals surface area contributed by atoms with Gasteiger partial charge in [-0.2, -0.15) is 0 Å². The first kappa shape index (κ1) is 32.6. The monoisotopic (exact) mass is 731 g/mol. The van der Waals surface area contributed by atoms with E-state index in [1.807, 2.05) is 36.4 Å². The Hall–Kier alpha value is -7.83. The third-order valence-corrected chi connectivity index (χ3v) is 10.5. The Morgan fingerprint density at radius 2 is 0.807 bits per heavy atom. The summed E-state index contributed by atoms with van der Waals surface area (Å²) in [5.41, 5.74) is 14.3. The van der Waals surface area contributed by atoms with Crippen molar-refractivity contribution < 1.29 is 4.42 Å². The molecule has 0 aliphatic carbocycles. The number of rotatable bonds is 7. The fourth-order valence-corrected chi connectivity index (χ4v) is 7.90. The molecule has 0 spiro atoms. The third-order valence-electron chi connectivity index (χ3n) is 10.5. The normalized spacial score (nSPS) is 11.5.